The zero-order chi connectivity index (χ0) is 40.1. The molecule has 296 valence electrons. The number of nitriles is 1. The minimum atomic E-state index is -1.64. The first kappa shape index (κ1) is 40.0. The lowest BCUT2D eigenvalue weighted by molar-refractivity contribution is -0.119. The summed E-state index contributed by atoms with van der Waals surface area (Å²) in [5.41, 5.74) is 2.46. The molecule has 1 fully saturated rings. The number of ether oxygens (including phenoxy) is 4. The quantitative estimate of drug-likeness (QED) is 0.0674. The van der Waals surface area contributed by atoms with Gasteiger partial charge in [-0.1, -0.05) is 84.9 Å². The van der Waals surface area contributed by atoms with E-state index >= 15 is 0 Å². The molecule has 1 N–H and O–H groups in total. The third-order valence-corrected chi connectivity index (χ3v) is 12.4. The predicted octanol–water partition coefficient (Wildman–Crippen LogP) is 8.44. The van der Waals surface area contributed by atoms with Crippen LogP contribution in [0.2, 0.25) is 0 Å². The van der Waals surface area contributed by atoms with Crippen molar-refractivity contribution < 1.29 is 32.8 Å². The summed E-state index contributed by atoms with van der Waals surface area (Å²) in [4.78, 5) is 16.1. The molecular formula is C45H49N4O7P. The molecule has 0 saturated carbocycles. The molecular weight excluding hydrogens is 739 g/mol. The van der Waals surface area contributed by atoms with E-state index in [0.29, 0.717) is 35.1 Å². The number of hydrogen-bond donors (Lipinski definition) is 1. The molecule has 3 aliphatic heterocycles. The van der Waals surface area contributed by atoms with Crippen molar-refractivity contribution >= 4 is 20.0 Å². The fourth-order valence-corrected chi connectivity index (χ4v) is 9.43. The van der Waals surface area contributed by atoms with Crippen LogP contribution in [0.15, 0.2) is 127 Å². The van der Waals surface area contributed by atoms with Crippen molar-refractivity contribution in [2.45, 2.75) is 76.7 Å². The summed E-state index contributed by atoms with van der Waals surface area (Å²) in [7, 11) is 1.63. The summed E-state index contributed by atoms with van der Waals surface area (Å²) >= 11 is 0. The van der Waals surface area contributed by atoms with Gasteiger partial charge >= 0.3 is 0 Å². The van der Waals surface area contributed by atoms with Crippen LogP contribution in [0, 0.1) is 11.3 Å². The van der Waals surface area contributed by atoms with Crippen molar-refractivity contribution in [2.75, 3.05) is 20.8 Å². The summed E-state index contributed by atoms with van der Waals surface area (Å²) in [5.74, 6) is 2.00. The van der Waals surface area contributed by atoms with Gasteiger partial charge in [-0.2, -0.15) is 5.26 Å². The van der Waals surface area contributed by atoms with E-state index in [2.05, 4.69) is 43.8 Å². The second kappa shape index (κ2) is 17.5. The van der Waals surface area contributed by atoms with E-state index in [9.17, 15) is 10.1 Å². The largest absolute Gasteiger partial charge is 0.497 e. The fourth-order valence-electron chi connectivity index (χ4n) is 7.70. The van der Waals surface area contributed by atoms with Crippen molar-refractivity contribution in [3.05, 3.63) is 149 Å². The number of benzene rings is 4. The van der Waals surface area contributed by atoms with Gasteiger partial charge in [0.25, 0.3) is 14.4 Å². The average Bonchev–Trinajstić information content (AvgIpc) is 3.60. The van der Waals surface area contributed by atoms with Crippen LogP contribution >= 0.6 is 8.53 Å². The van der Waals surface area contributed by atoms with Crippen LogP contribution in [0.3, 0.4) is 0 Å². The van der Waals surface area contributed by atoms with Crippen LogP contribution in [0.5, 0.6) is 11.5 Å². The first-order chi connectivity index (χ1) is 27.7. The van der Waals surface area contributed by atoms with E-state index in [-0.39, 0.29) is 31.0 Å². The maximum atomic E-state index is 14.1. The molecule has 0 aliphatic carbocycles. The SMILES string of the molecule is COc1ccc(C(OC2=C3NC(=O)C(c4ccccc4)=CN3[C@H]3C[C@@H](OP(OCCC#N)N(C(C)C)C(C)C)[C@@H]2O3)(c2ccccc2)c2ccc(OC)cc2)cc1. The third kappa shape index (κ3) is 8.02. The summed E-state index contributed by atoms with van der Waals surface area (Å²) in [6, 6.07) is 37.6. The van der Waals surface area contributed by atoms with E-state index in [1.165, 1.54) is 0 Å². The highest BCUT2D eigenvalue weighted by molar-refractivity contribution is 7.44. The maximum absolute atomic E-state index is 14.1. The normalized spacial score (nSPS) is 19.6. The Kier molecular flexibility index (Phi) is 12.3. The standard InChI is InChI=1S/C45H49N4O7P/c1-30(2)49(31(3)4)57(53-27-13-26-46)56-39-28-40-48-29-38(32-14-9-7-10-15-32)44(50)47-43(48)42(41(39)54-40)55-45(33-16-11-8-12-17-33,34-18-22-36(51-5)23-19-34)35-20-24-37(52-6)25-21-35/h7-12,14-25,29-31,39-41H,13,27-28H2,1-6H3,(H,47,50)/t39-,40-,41+,57?/m1/s1. The molecule has 0 aromatic heterocycles. The number of nitrogens with zero attached hydrogens (tertiary/aromatic N) is 3. The van der Waals surface area contributed by atoms with Crippen molar-refractivity contribution in [1.29, 1.82) is 5.26 Å². The Balaban J connectivity index is 1.42. The number of carbonyl (C=O) groups is 1. The first-order valence-electron chi connectivity index (χ1n) is 19.2. The Bertz CT molecular complexity index is 2050. The molecule has 12 heteroatoms. The van der Waals surface area contributed by atoms with Gasteiger partial charge in [0.1, 0.15) is 29.9 Å². The molecule has 4 aromatic rings. The van der Waals surface area contributed by atoms with Crippen LogP contribution in [0.4, 0.5) is 0 Å². The van der Waals surface area contributed by atoms with Crippen LogP contribution in [0.1, 0.15) is 62.8 Å². The van der Waals surface area contributed by atoms with Crippen LogP contribution in [-0.2, 0) is 28.9 Å². The predicted molar refractivity (Wildman–Crippen MR) is 218 cm³/mol. The zero-order valence-corrected chi connectivity index (χ0v) is 34.0. The summed E-state index contributed by atoms with van der Waals surface area (Å²) in [6.07, 6.45) is 0.733. The minimum Gasteiger partial charge on any atom is -0.497 e. The van der Waals surface area contributed by atoms with Gasteiger partial charge in [0, 0.05) is 41.4 Å². The zero-order valence-electron chi connectivity index (χ0n) is 33.1. The molecule has 0 spiro atoms. The smallest absolute Gasteiger partial charge is 0.259 e. The summed E-state index contributed by atoms with van der Waals surface area (Å²) < 4.78 is 41.4. The molecule has 4 atom stereocenters. The minimum absolute atomic E-state index is 0.0897. The molecule has 57 heavy (non-hydrogen) atoms. The van der Waals surface area contributed by atoms with E-state index < -0.39 is 32.6 Å². The number of nitrogens with one attached hydrogen (secondary N) is 1. The molecule has 1 unspecified atom stereocenters. The summed E-state index contributed by atoms with van der Waals surface area (Å²) in [5, 5.41) is 12.6. The van der Waals surface area contributed by atoms with Crippen molar-refractivity contribution in [1.82, 2.24) is 14.9 Å². The van der Waals surface area contributed by atoms with E-state index in [1.807, 2.05) is 120 Å². The second-order valence-corrected chi connectivity index (χ2v) is 15.9. The lowest BCUT2D eigenvalue weighted by atomic mass is 9.79. The van der Waals surface area contributed by atoms with Gasteiger partial charge in [-0.05, 0) is 57.5 Å². The maximum Gasteiger partial charge on any atom is 0.259 e. The first-order valence-corrected chi connectivity index (χ1v) is 20.4. The van der Waals surface area contributed by atoms with E-state index in [0.717, 1.165) is 22.3 Å². The number of fused-ring (bicyclic) bond motifs is 4. The molecule has 4 aromatic carbocycles. The van der Waals surface area contributed by atoms with Gasteiger partial charge in [0.2, 0.25) is 0 Å². The highest BCUT2D eigenvalue weighted by Crippen LogP contribution is 2.53. The fraction of sp³-hybridized carbons (Fsp3) is 0.333. The van der Waals surface area contributed by atoms with E-state index in [1.54, 1.807) is 14.2 Å². The number of carbonyl (C=O) groups excluding carboxylic acids is 1. The Labute approximate surface area is 336 Å². The Morgan fingerprint density at radius 1 is 0.860 bits per heavy atom. The monoisotopic (exact) mass is 788 g/mol. The van der Waals surface area contributed by atoms with Gasteiger partial charge < -0.3 is 38.2 Å². The third-order valence-electron chi connectivity index (χ3n) is 10.3. The van der Waals surface area contributed by atoms with Crippen LogP contribution < -0.4 is 14.8 Å². The number of amides is 1. The molecule has 3 aliphatic rings. The lowest BCUT2D eigenvalue weighted by Crippen LogP contribution is -2.49. The molecule has 11 nitrogen and oxygen atoms in total. The van der Waals surface area contributed by atoms with Crippen molar-refractivity contribution in [3.63, 3.8) is 0 Å². The molecule has 0 radical (unpaired) electrons. The van der Waals surface area contributed by atoms with Crippen molar-refractivity contribution in [2.24, 2.45) is 0 Å². The van der Waals surface area contributed by atoms with Crippen LogP contribution in [0.25, 0.3) is 5.57 Å². The van der Waals surface area contributed by atoms with Gasteiger partial charge in [-0.15, -0.1) is 0 Å². The number of hydrogen-bond acceptors (Lipinski definition) is 10. The molecule has 7 rings (SSSR count). The molecule has 2 bridgehead atoms. The Morgan fingerprint density at radius 3 is 1.96 bits per heavy atom. The number of rotatable bonds is 16. The molecule has 1 saturated heterocycles. The lowest BCUT2D eigenvalue weighted by Gasteiger charge is -2.44. The van der Waals surface area contributed by atoms with E-state index in [4.69, 9.17) is 28.0 Å². The van der Waals surface area contributed by atoms with Crippen LogP contribution in [-0.4, -0.2) is 66.8 Å². The Hall–Kier alpha value is -5.21. The molecule has 1 amide bonds. The van der Waals surface area contributed by atoms with Gasteiger partial charge in [0.05, 0.1) is 38.9 Å². The van der Waals surface area contributed by atoms with Crippen molar-refractivity contribution in [3.8, 4) is 17.6 Å². The van der Waals surface area contributed by atoms with Gasteiger partial charge in [-0.25, -0.2) is 4.67 Å². The molecule has 3 heterocycles. The number of methoxy groups -OCH3 is 2. The second-order valence-electron chi connectivity index (χ2n) is 14.5. The topological polar surface area (TPSA) is 115 Å². The van der Waals surface area contributed by atoms with Gasteiger partial charge in [-0.3, -0.25) is 4.79 Å². The Morgan fingerprint density at radius 2 is 1.42 bits per heavy atom. The summed E-state index contributed by atoms with van der Waals surface area (Å²) in [6.45, 7) is 8.65. The average molecular weight is 789 g/mol. The van der Waals surface area contributed by atoms with Gasteiger partial charge in [0.15, 0.2) is 17.2 Å². The highest BCUT2D eigenvalue weighted by Gasteiger charge is 2.54. The highest BCUT2D eigenvalue weighted by atomic mass is 31.2.